The number of halogens is 1. The van der Waals surface area contributed by atoms with Gasteiger partial charge in [-0.25, -0.2) is 0 Å². The first kappa shape index (κ1) is 14.7. The summed E-state index contributed by atoms with van der Waals surface area (Å²) in [6.45, 7) is 0.153. The number of aromatic nitrogens is 1. The SMILES string of the molecule is CN=C(Cc1c[nH]c2ccc(Br)cc12)C(=O)NCCO. The summed E-state index contributed by atoms with van der Waals surface area (Å²) < 4.78 is 0.991. The van der Waals surface area contributed by atoms with E-state index in [1.807, 2.05) is 24.4 Å². The number of aromatic amines is 1. The van der Waals surface area contributed by atoms with Crippen molar-refractivity contribution in [2.45, 2.75) is 6.42 Å². The zero-order valence-corrected chi connectivity index (χ0v) is 12.7. The second-order valence-electron chi connectivity index (χ2n) is 4.33. The number of nitrogens with one attached hydrogen (secondary N) is 2. The monoisotopic (exact) mass is 337 g/mol. The van der Waals surface area contributed by atoms with Crippen molar-refractivity contribution in [2.75, 3.05) is 20.2 Å². The maximum absolute atomic E-state index is 11.9. The molecular formula is C14H16BrN3O2. The van der Waals surface area contributed by atoms with Crippen LogP contribution in [0.2, 0.25) is 0 Å². The molecule has 106 valence electrons. The molecule has 20 heavy (non-hydrogen) atoms. The molecule has 0 atom stereocenters. The molecule has 0 aliphatic heterocycles. The van der Waals surface area contributed by atoms with Crippen LogP contribution >= 0.6 is 15.9 Å². The van der Waals surface area contributed by atoms with Crippen LogP contribution in [0.15, 0.2) is 33.9 Å². The van der Waals surface area contributed by atoms with Gasteiger partial charge in [-0.05, 0) is 23.8 Å². The van der Waals surface area contributed by atoms with Gasteiger partial charge < -0.3 is 15.4 Å². The topological polar surface area (TPSA) is 77.5 Å². The number of fused-ring (bicyclic) bond motifs is 1. The van der Waals surface area contributed by atoms with Crippen molar-refractivity contribution in [1.29, 1.82) is 0 Å². The van der Waals surface area contributed by atoms with Crippen LogP contribution in [0.3, 0.4) is 0 Å². The number of rotatable bonds is 5. The van der Waals surface area contributed by atoms with E-state index >= 15 is 0 Å². The van der Waals surface area contributed by atoms with E-state index in [0.717, 1.165) is 20.9 Å². The molecule has 1 aromatic carbocycles. The molecule has 0 fully saturated rings. The third-order valence-corrected chi connectivity index (χ3v) is 3.51. The highest BCUT2D eigenvalue weighted by atomic mass is 79.9. The van der Waals surface area contributed by atoms with Gasteiger partial charge in [0.2, 0.25) is 0 Å². The van der Waals surface area contributed by atoms with Crippen molar-refractivity contribution in [2.24, 2.45) is 4.99 Å². The van der Waals surface area contributed by atoms with E-state index in [0.29, 0.717) is 12.1 Å². The van der Waals surface area contributed by atoms with Crippen LogP contribution in [0.5, 0.6) is 0 Å². The van der Waals surface area contributed by atoms with Gasteiger partial charge in [-0.15, -0.1) is 0 Å². The molecule has 0 spiro atoms. The molecule has 2 aromatic rings. The fourth-order valence-electron chi connectivity index (χ4n) is 2.01. The van der Waals surface area contributed by atoms with Gasteiger partial charge in [-0.3, -0.25) is 9.79 Å². The van der Waals surface area contributed by atoms with Gasteiger partial charge in [0.1, 0.15) is 5.71 Å². The van der Waals surface area contributed by atoms with E-state index in [-0.39, 0.29) is 19.1 Å². The maximum Gasteiger partial charge on any atom is 0.265 e. The van der Waals surface area contributed by atoms with Gasteiger partial charge in [0.05, 0.1) is 6.61 Å². The number of nitrogens with zero attached hydrogens (tertiary/aromatic N) is 1. The molecule has 0 aliphatic carbocycles. The summed E-state index contributed by atoms with van der Waals surface area (Å²) in [5.41, 5.74) is 2.48. The molecule has 0 unspecified atom stereocenters. The Kier molecular flexibility index (Phi) is 4.92. The van der Waals surface area contributed by atoms with E-state index in [1.54, 1.807) is 7.05 Å². The van der Waals surface area contributed by atoms with Crippen molar-refractivity contribution < 1.29 is 9.90 Å². The fourth-order valence-corrected chi connectivity index (χ4v) is 2.37. The molecule has 0 radical (unpaired) electrons. The van der Waals surface area contributed by atoms with Crippen LogP contribution in [-0.2, 0) is 11.2 Å². The van der Waals surface area contributed by atoms with Crippen molar-refractivity contribution >= 4 is 38.5 Å². The van der Waals surface area contributed by atoms with Crippen LogP contribution in [0.25, 0.3) is 10.9 Å². The lowest BCUT2D eigenvalue weighted by Gasteiger charge is -2.06. The smallest absolute Gasteiger partial charge is 0.265 e. The van der Waals surface area contributed by atoms with Crippen molar-refractivity contribution in [3.63, 3.8) is 0 Å². The highest BCUT2D eigenvalue weighted by molar-refractivity contribution is 9.10. The van der Waals surface area contributed by atoms with E-state index < -0.39 is 0 Å². The van der Waals surface area contributed by atoms with Gasteiger partial charge in [0.25, 0.3) is 5.91 Å². The highest BCUT2D eigenvalue weighted by Gasteiger charge is 2.13. The maximum atomic E-state index is 11.9. The highest BCUT2D eigenvalue weighted by Crippen LogP contribution is 2.23. The van der Waals surface area contributed by atoms with Gasteiger partial charge in [-0.2, -0.15) is 0 Å². The summed E-state index contributed by atoms with van der Waals surface area (Å²) in [5.74, 6) is -0.245. The van der Waals surface area contributed by atoms with Gasteiger partial charge in [-0.1, -0.05) is 15.9 Å². The average Bonchev–Trinajstić information content (AvgIpc) is 2.84. The van der Waals surface area contributed by atoms with Gasteiger partial charge in [0.15, 0.2) is 0 Å². The van der Waals surface area contributed by atoms with Gasteiger partial charge in [0, 0.05) is 41.6 Å². The molecule has 0 bridgehead atoms. The molecule has 1 amide bonds. The molecule has 1 aromatic heterocycles. The number of carbonyl (C=O) groups is 1. The summed E-state index contributed by atoms with van der Waals surface area (Å²) >= 11 is 3.45. The molecule has 0 saturated heterocycles. The molecule has 3 N–H and O–H groups in total. The Hall–Kier alpha value is -1.66. The number of H-pyrrole nitrogens is 1. The lowest BCUT2D eigenvalue weighted by Crippen LogP contribution is -2.34. The number of aliphatic hydroxyl groups is 1. The molecule has 2 rings (SSSR count). The van der Waals surface area contributed by atoms with E-state index in [2.05, 4.69) is 31.2 Å². The molecular weight excluding hydrogens is 322 g/mol. The van der Waals surface area contributed by atoms with Crippen LogP contribution in [-0.4, -0.2) is 41.9 Å². The third kappa shape index (κ3) is 3.26. The van der Waals surface area contributed by atoms with E-state index in [9.17, 15) is 4.79 Å². The molecule has 0 aliphatic rings. The molecule has 6 heteroatoms. The Morgan fingerprint density at radius 1 is 1.50 bits per heavy atom. The Labute approximate surface area is 125 Å². The number of hydrogen-bond donors (Lipinski definition) is 3. The van der Waals surface area contributed by atoms with Crippen LogP contribution in [0.4, 0.5) is 0 Å². The minimum atomic E-state index is -0.245. The molecule has 5 nitrogen and oxygen atoms in total. The second-order valence-corrected chi connectivity index (χ2v) is 5.25. The summed E-state index contributed by atoms with van der Waals surface area (Å²) in [4.78, 5) is 19.1. The normalized spacial score (nSPS) is 11.8. The number of aliphatic hydroxyl groups excluding tert-OH is 1. The second kappa shape index (κ2) is 6.67. The Bertz CT molecular complexity index is 649. The number of amides is 1. The predicted molar refractivity (Wildman–Crippen MR) is 83.2 cm³/mol. The van der Waals surface area contributed by atoms with Gasteiger partial charge >= 0.3 is 0 Å². The molecule has 0 saturated carbocycles. The predicted octanol–water partition coefficient (Wildman–Crippen LogP) is 1.65. The number of carbonyl (C=O) groups excluding carboxylic acids is 1. The summed E-state index contributed by atoms with van der Waals surface area (Å²) in [6.07, 6.45) is 2.34. The summed E-state index contributed by atoms with van der Waals surface area (Å²) in [7, 11) is 1.60. The zero-order valence-electron chi connectivity index (χ0n) is 11.1. The van der Waals surface area contributed by atoms with Crippen molar-refractivity contribution in [3.05, 3.63) is 34.4 Å². The first-order valence-corrected chi connectivity index (χ1v) is 7.05. The van der Waals surface area contributed by atoms with Crippen molar-refractivity contribution in [3.8, 4) is 0 Å². The van der Waals surface area contributed by atoms with E-state index in [1.165, 1.54) is 0 Å². The standard InChI is InChI=1S/C14H16BrN3O2/c1-16-13(14(20)17-4-5-19)6-9-8-18-12-3-2-10(15)7-11(9)12/h2-3,7-8,18-19H,4-6H2,1H3,(H,17,20). The van der Waals surface area contributed by atoms with Crippen LogP contribution in [0.1, 0.15) is 5.56 Å². The average molecular weight is 338 g/mol. The minimum Gasteiger partial charge on any atom is -0.395 e. The summed E-state index contributed by atoms with van der Waals surface area (Å²) in [5, 5.41) is 12.4. The first-order valence-electron chi connectivity index (χ1n) is 6.26. The first-order chi connectivity index (χ1) is 9.65. The van der Waals surface area contributed by atoms with Crippen LogP contribution < -0.4 is 5.32 Å². The quantitative estimate of drug-likeness (QED) is 0.725. The number of hydrogen-bond acceptors (Lipinski definition) is 3. The molecule has 1 heterocycles. The largest absolute Gasteiger partial charge is 0.395 e. The zero-order chi connectivity index (χ0) is 14.5. The lowest BCUT2D eigenvalue weighted by molar-refractivity contribution is -0.115. The number of benzene rings is 1. The van der Waals surface area contributed by atoms with Crippen LogP contribution in [0, 0.1) is 0 Å². The Balaban J connectivity index is 2.22. The third-order valence-electron chi connectivity index (χ3n) is 3.02. The number of aliphatic imine (C=N–C) groups is 1. The van der Waals surface area contributed by atoms with E-state index in [4.69, 9.17) is 5.11 Å². The fraction of sp³-hybridized carbons (Fsp3) is 0.286. The Morgan fingerprint density at radius 2 is 2.30 bits per heavy atom. The Morgan fingerprint density at radius 3 is 3.00 bits per heavy atom. The minimum absolute atomic E-state index is 0.0806. The van der Waals surface area contributed by atoms with Crippen molar-refractivity contribution in [1.82, 2.24) is 10.3 Å². The lowest BCUT2D eigenvalue weighted by atomic mass is 10.1. The summed E-state index contributed by atoms with van der Waals surface area (Å²) in [6, 6.07) is 5.96.